The number of halogens is 2. The van der Waals surface area contributed by atoms with Crippen molar-refractivity contribution < 1.29 is 0 Å². The van der Waals surface area contributed by atoms with Gasteiger partial charge in [0.25, 0.3) is 0 Å². The molecule has 1 aliphatic carbocycles. The Morgan fingerprint density at radius 3 is 2.17 bits per heavy atom. The van der Waals surface area contributed by atoms with Gasteiger partial charge < -0.3 is 0 Å². The van der Waals surface area contributed by atoms with Gasteiger partial charge in [0.05, 0.1) is 12.0 Å². The third-order valence-electron chi connectivity index (χ3n) is 2.62. The number of hydrogen-bond acceptors (Lipinski definition) is 1. The van der Waals surface area contributed by atoms with Gasteiger partial charge in [0.15, 0.2) is 0 Å². The van der Waals surface area contributed by atoms with Gasteiger partial charge in [-0.3, -0.25) is 0 Å². The summed E-state index contributed by atoms with van der Waals surface area (Å²) in [5, 5.41) is 8.93. The van der Waals surface area contributed by atoms with E-state index in [1.165, 1.54) is 19.3 Å². The van der Waals surface area contributed by atoms with Crippen molar-refractivity contribution in [2.45, 2.75) is 34.0 Å². The number of nitrogens with zero attached hydrogens (tertiary/aromatic N) is 1. The molecule has 1 saturated carbocycles. The van der Waals surface area contributed by atoms with E-state index in [9.17, 15) is 0 Å². The molecule has 2 unspecified atom stereocenters. The molecule has 68 valence electrons. The van der Waals surface area contributed by atoms with Crippen molar-refractivity contribution in [1.82, 2.24) is 0 Å². The Bertz CT molecular complexity index is 175. The van der Waals surface area contributed by atoms with Gasteiger partial charge in [-0.1, -0.05) is 58.5 Å². The third-order valence-corrected chi connectivity index (χ3v) is 5.19. The lowest BCUT2D eigenvalue weighted by atomic mass is 9.81. The average Bonchev–Trinajstić information content (AvgIpc) is 2.03. The monoisotopic (exact) mass is 389 g/mol. The van der Waals surface area contributed by atoms with E-state index in [0.717, 1.165) is 5.92 Å². The molecule has 0 amide bonds. The fourth-order valence-corrected chi connectivity index (χ4v) is 5.30. The van der Waals surface area contributed by atoms with Crippen LogP contribution in [0, 0.1) is 23.2 Å². The van der Waals surface area contributed by atoms with E-state index in [1.54, 1.807) is 0 Å². The van der Waals surface area contributed by atoms with Crippen LogP contribution in [0.1, 0.15) is 26.2 Å². The summed E-state index contributed by atoms with van der Waals surface area (Å²) in [6.45, 7) is 2.25. The minimum atomic E-state index is 0.286. The summed E-state index contributed by atoms with van der Waals surface area (Å²) >= 11 is 4.89. The van der Waals surface area contributed by atoms with Gasteiger partial charge in [-0.05, 0) is 18.8 Å². The minimum Gasteiger partial charge on any atom is -0.198 e. The summed E-state index contributed by atoms with van der Waals surface area (Å²) in [6.07, 6.45) is 3.76. The molecule has 0 aliphatic heterocycles. The lowest BCUT2D eigenvalue weighted by molar-refractivity contribution is 0.342. The highest BCUT2D eigenvalue weighted by atomic mass is 127. The first kappa shape index (κ1) is 11.0. The molecular weight excluding hydrogens is 376 g/mol. The van der Waals surface area contributed by atoms with Crippen molar-refractivity contribution in [2.75, 3.05) is 0 Å². The highest BCUT2D eigenvalue weighted by molar-refractivity contribution is 14.1. The summed E-state index contributed by atoms with van der Waals surface area (Å²) in [6, 6.07) is 2.43. The molecule has 0 heterocycles. The smallest absolute Gasteiger partial charge is 0.0698 e. The fourth-order valence-electron chi connectivity index (χ4n) is 1.75. The number of alkyl halides is 2. The van der Waals surface area contributed by atoms with E-state index < -0.39 is 0 Å². The van der Waals surface area contributed by atoms with E-state index in [2.05, 4.69) is 58.2 Å². The molecule has 0 spiro atoms. The van der Waals surface area contributed by atoms with Crippen molar-refractivity contribution in [3.8, 4) is 6.07 Å². The summed E-state index contributed by atoms with van der Waals surface area (Å²) in [5.74, 6) is 1.15. The van der Waals surface area contributed by atoms with Crippen LogP contribution < -0.4 is 0 Å². The summed E-state index contributed by atoms with van der Waals surface area (Å²) in [4.78, 5) is 0. The van der Waals surface area contributed by atoms with Gasteiger partial charge in [0, 0.05) is 7.85 Å². The zero-order valence-electron chi connectivity index (χ0n) is 7.13. The summed E-state index contributed by atoms with van der Waals surface area (Å²) in [5.41, 5.74) is 0. The normalized spacial score (nSPS) is 42.2. The molecule has 1 rings (SSSR count). The SMILES string of the molecule is CCC1CC(I)C(C#N)C(I)C1. The molecule has 12 heavy (non-hydrogen) atoms. The van der Waals surface area contributed by atoms with Crippen molar-refractivity contribution in [1.29, 1.82) is 5.26 Å². The van der Waals surface area contributed by atoms with Gasteiger partial charge in [-0.2, -0.15) is 5.26 Å². The maximum Gasteiger partial charge on any atom is 0.0698 e. The van der Waals surface area contributed by atoms with Crippen LogP contribution in [0.2, 0.25) is 0 Å². The first-order valence-electron chi connectivity index (χ1n) is 4.36. The predicted octanol–water partition coefficient (Wildman–Crippen LogP) is 3.55. The molecule has 0 aromatic carbocycles. The molecule has 0 radical (unpaired) electrons. The Hall–Kier alpha value is 0.950. The van der Waals surface area contributed by atoms with Crippen molar-refractivity contribution >= 4 is 45.2 Å². The molecule has 0 N–H and O–H groups in total. The molecule has 1 nitrogen and oxygen atoms in total. The molecule has 0 bridgehead atoms. The van der Waals surface area contributed by atoms with Crippen LogP contribution in [0.15, 0.2) is 0 Å². The van der Waals surface area contributed by atoms with E-state index in [4.69, 9.17) is 5.26 Å². The van der Waals surface area contributed by atoms with Crippen molar-refractivity contribution in [3.05, 3.63) is 0 Å². The number of rotatable bonds is 1. The maximum absolute atomic E-state index is 8.93. The highest BCUT2D eigenvalue weighted by Crippen LogP contribution is 2.39. The largest absolute Gasteiger partial charge is 0.198 e. The van der Waals surface area contributed by atoms with E-state index in [1.807, 2.05) is 0 Å². The van der Waals surface area contributed by atoms with Crippen LogP contribution in [0.25, 0.3) is 0 Å². The van der Waals surface area contributed by atoms with Gasteiger partial charge in [-0.25, -0.2) is 0 Å². The van der Waals surface area contributed by atoms with Gasteiger partial charge in [0.2, 0.25) is 0 Å². The predicted molar refractivity (Wildman–Crippen MR) is 67.7 cm³/mol. The number of nitriles is 1. The van der Waals surface area contributed by atoms with Gasteiger partial charge in [-0.15, -0.1) is 0 Å². The van der Waals surface area contributed by atoms with Gasteiger partial charge >= 0.3 is 0 Å². The molecule has 1 fully saturated rings. The zero-order chi connectivity index (χ0) is 9.14. The molecule has 0 aromatic rings. The lowest BCUT2D eigenvalue weighted by Crippen LogP contribution is -2.32. The van der Waals surface area contributed by atoms with E-state index in [-0.39, 0.29) is 5.92 Å². The maximum atomic E-state index is 8.93. The van der Waals surface area contributed by atoms with Crippen LogP contribution in [-0.4, -0.2) is 7.85 Å². The van der Waals surface area contributed by atoms with Crippen LogP contribution in [0.4, 0.5) is 0 Å². The summed E-state index contributed by atoms with van der Waals surface area (Å²) < 4.78 is 1.15. The molecule has 3 heteroatoms. The van der Waals surface area contributed by atoms with Crippen LogP contribution >= 0.6 is 45.2 Å². The summed E-state index contributed by atoms with van der Waals surface area (Å²) in [7, 11) is 0. The second-order valence-electron chi connectivity index (χ2n) is 3.43. The third kappa shape index (κ3) is 2.47. The standard InChI is InChI=1S/C9H13I2N/c1-2-6-3-8(10)7(5-12)9(11)4-6/h6-9H,2-4H2,1H3. The van der Waals surface area contributed by atoms with Crippen LogP contribution in [0.5, 0.6) is 0 Å². The second kappa shape index (κ2) is 4.99. The molecular formula is C9H13I2N. The average molecular weight is 389 g/mol. The van der Waals surface area contributed by atoms with Gasteiger partial charge in [0.1, 0.15) is 0 Å². The quantitative estimate of drug-likeness (QED) is 0.497. The lowest BCUT2D eigenvalue weighted by Gasteiger charge is -2.32. The van der Waals surface area contributed by atoms with E-state index >= 15 is 0 Å². The zero-order valence-corrected chi connectivity index (χ0v) is 11.4. The first-order valence-corrected chi connectivity index (χ1v) is 6.85. The Kier molecular flexibility index (Phi) is 4.58. The van der Waals surface area contributed by atoms with Crippen molar-refractivity contribution in [3.63, 3.8) is 0 Å². The molecule has 0 saturated heterocycles. The highest BCUT2D eigenvalue weighted by Gasteiger charge is 2.34. The number of hydrogen-bond donors (Lipinski definition) is 0. The molecule has 0 aromatic heterocycles. The Balaban J connectivity index is 2.58. The molecule has 1 aliphatic rings. The minimum absolute atomic E-state index is 0.286. The van der Waals surface area contributed by atoms with Crippen LogP contribution in [-0.2, 0) is 0 Å². The topological polar surface area (TPSA) is 23.8 Å². The Morgan fingerprint density at radius 2 is 1.83 bits per heavy atom. The van der Waals surface area contributed by atoms with E-state index in [0.29, 0.717) is 7.85 Å². The van der Waals surface area contributed by atoms with Crippen molar-refractivity contribution in [2.24, 2.45) is 11.8 Å². The van der Waals surface area contributed by atoms with Crippen LogP contribution in [0.3, 0.4) is 0 Å². The Labute approximate surface area is 102 Å². The second-order valence-corrected chi connectivity index (χ2v) is 6.63. The first-order chi connectivity index (χ1) is 5.69. The fraction of sp³-hybridized carbons (Fsp3) is 0.889. The Morgan fingerprint density at radius 1 is 1.33 bits per heavy atom. The molecule has 2 atom stereocenters.